The Morgan fingerprint density at radius 2 is 1.80 bits per heavy atom. The standard InChI is InChI=1S/C27H44N6O6S2/c1-5-41-22(35)8-10-28-27(39)23-20-15-33(20)21(34)14-29-24(36)17(9-12-40-4)30-25(37)18(13-16(2)3)31-26(38)19-7-6-11-32(19)23/h16-20,23H,5-15H2,1-4H3,(H,28,39)(H,29,36)(H,30,37)(H,31,38)/t17-,18-,19-,20-,23+,33?/m0/s1. The molecule has 4 N–H and O–H groups in total. The Kier molecular flexibility index (Phi) is 12.8. The molecule has 0 aromatic rings. The van der Waals surface area contributed by atoms with Gasteiger partial charge in [0.05, 0.1) is 18.6 Å². The fourth-order valence-electron chi connectivity index (χ4n) is 5.42. The fraction of sp³-hybridized carbons (Fsp3) is 0.778. The second-order valence-electron chi connectivity index (χ2n) is 11.1. The van der Waals surface area contributed by atoms with Crippen molar-refractivity contribution in [3.8, 4) is 0 Å². The van der Waals surface area contributed by atoms with Crippen LogP contribution < -0.4 is 21.3 Å². The Morgan fingerprint density at radius 1 is 1.07 bits per heavy atom. The minimum absolute atomic E-state index is 0.0161. The molecule has 3 rings (SSSR count). The van der Waals surface area contributed by atoms with Crippen molar-refractivity contribution in [1.29, 1.82) is 0 Å². The van der Waals surface area contributed by atoms with Gasteiger partial charge in [-0.2, -0.15) is 11.8 Å². The van der Waals surface area contributed by atoms with Crippen molar-refractivity contribution < 1.29 is 28.8 Å². The van der Waals surface area contributed by atoms with Gasteiger partial charge in [0.15, 0.2) is 5.12 Å². The van der Waals surface area contributed by atoms with E-state index in [2.05, 4.69) is 21.3 Å². The number of rotatable bonds is 10. The van der Waals surface area contributed by atoms with Crippen molar-refractivity contribution in [1.82, 2.24) is 31.1 Å². The maximum atomic E-state index is 13.6. The smallest absolute Gasteiger partial charge is 0.243 e. The first kappa shape index (κ1) is 33.2. The summed E-state index contributed by atoms with van der Waals surface area (Å²) in [6.45, 7) is 6.50. The van der Waals surface area contributed by atoms with E-state index in [9.17, 15) is 28.8 Å². The highest BCUT2D eigenvalue weighted by molar-refractivity contribution is 8.13. The zero-order valence-electron chi connectivity index (χ0n) is 24.4. The number of amides is 5. The molecule has 3 heterocycles. The summed E-state index contributed by atoms with van der Waals surface area (Å²) < 4.78 is 0. The van der Waals surface area contributed by atoms with E-state index in [1.165, 1.54) is 28.4 Å². The van der Waals surface area contributed by atoms with Crippen LogP contribution in [0.1, 0.15) is 52.9 Å². The molecule has 5 amide bonds. The predicted octanol–water partition coefficient (Wildman–Crippen LogP) is -0.285. The summed E-state index contributed by atoms with van der Waals surface area (Å²) in [7, 11) is 0. The maximum absolute atomic E-state index is 13.6. The molecule has 230 valence electrons. The van der Waals surface area contributed by atoms with Crippen molar-refractivity contribution in [2.75, 3.05) is 43.9 Å². The van der Waals surface area contributed by atoms with Gasteiger partial charge in [0.2, 0.25) is 29.5 Å². The van der Waals surface area contributed by atoms with E-state index in [4.69, 9.17) is 0 Å². The zero-order valence-corrected chi connectivity index (χ0v) is 26.0. The van der Waals surface area contributed by atoms with Gasteiger partial charge in [-0.1, -0.05) is 32.5 Å². The molecule has 14 heteroatoms. The first-order chi connectivity index (χ1) is 19.6. The van der Waals surface area contributed by atoms with Crippen LogP contribution in [0.25, 0.3) is 0 Å². The molecule has 0 unspecified atom stereocenters. The van der Waals surface area contributed by atoms with E-state index in [1.54, 1.807) is 0 Å². The summed E-state index contributed by atoms with van der Waals surface area (Å²) in [5.41, 5.74) is 0. The second kappa shape index (κ2) is 15.8. The Labute approximate surface area is 250 Å². The Balaban J connectivity index is 1.87. The minimum atomic E-state index is -0.854. The van der Waals surface area contributed by atoms with Crippen LogP contribution in [0.15, 0.2) is 0 Å². The first-order valence-electron chi connectivity index (χ1n) is 14.4. The number of hydrogen-bond acceptors (Lipinski definition) is 9. The second-order valence-corrected chi connectivity index (χ2v) is 13.4. The van der Waals surface area contributed by atoms with Crippen LogP contribution >= 0.6 is 23.5 Å². The highest BCUT2D eigenvalue weighted by Crippen LogP contribution is 2.31. The third kappa shape index (κ3) is 9.34. The number of thioether (sulfide) groups is 2. The maximum Gasteiger partial charge on any atom is 0.243 e. The molecule has 5 atom stereocenters. The molecule has 3 fully saturated rings. The average Bonchev–Trinajstić information content (AvgIpc) is 3.55. The number of fused-ring (bicyclic) bond motifs is 2. The third-order valence-electron chi connectivity index (χ3n) is 7.49. The van der Waals surface area contributed by atoms with Gasteiger partial charge in [0, 0.05) is 19.5 Å². The molecule has 0 aliphatic carbocycles. The molecule has 0 aromatic carbocycles. The third-order valence-corrected chi connectivity index (χ3v) is 8.95. The summed E-state index contributed by atoms with van der Waals surface area (Å²) in [6, 6.07) is -3.61. The Hall–Kier alpha value is -2.32. The zero-order chi connectivity index (χ0) is 30.1. The molecule has 0 saturated carbocycles. The molecule has 0 bridgehead atoms. The molecule has 0 aromatic heterocycles. The lowest BCUT2D eigenvalue weighted by Crippen LogP contribution is -2.59. The van der Waals surface area contributed by atoms with Gasteiger partial charge in [0.25, 0.3) is 0 Å². The highest BCUT2D eigenvalue weighted by atomic mass is 32.2. The molecule has 0 spiro atoms. The van der Waals surface area contributed by atoms with Crippen molar-refractivity contribution in [3.63, 3.8) is 0 Å². The SMILES string of the molecule is CCSC(=O)CCNC(=O)[C@H]1[C@@H]2CN2C(=O)CNC(=O)[C@H](CCSC)NC(=O)[C@H](CC(C)C)NC(=O)[C@@H]2CCCN21. The number of hydrogen-bond donors (Lipinski definition) is 4. The van der Waals surface area contributed by atoms with Crippen LogP contribution in [0.3, 0.4) is 0 Å². The van der Waals surface area contributed by atoms with Crippen LogP contribution in [0.5, 0.6) is 0 Å². The quantitative estimate of drug-likeness (QED) is 0.244. The summed E-state index contributed by atoms with van der Waals surface area (Å²) in [6.07, 6.45) is 4.03. The Bertz CT molecular complexity index is 997. The molecular formula is C27H44N6O6S2. The molecule has 12 nitrogen and oxygen atoms in total. The largest absolute Gasteiger partial charge is 0.354 e. The summed E-state index contributed by atoms with van der Waals surface area (Å²) >= 11 is 2.74. The lowest BCUT2D eigenvalue weighted by molar-refractivity contribution is -0.135. The average molecular weight is 613 g/mol. The van der Waals surface area contributed by atoms with Crippen molar-refractivity contribution in [3.05, 3.63) is 0 Å². The van der Waals surface area contributed by atoms with Gasteiger partial charge in [-0.3, -0.25) is 33.7 Å². The van der Waals surface area contributed by atoms with Crippen molar-refractivity contribution in [2.45, 2.75) is 83.1 Å². The highest BCUT2D eigenvalue weighted by Gasteiger charge is 2.52. The van der Waals surface area contributed by atoms with Crippen LogP contribution in [0.4, 0.5) is 0 Å². The minimum Gasteiger partial charge on any atom is -0.354 e. The first-order valence-corrected chi connectivity index (χ1v) is 16.8. The van der Waals surface area contributed by atoms with Crippen molar-refractivity contribution >= 4 is 58.2 Å². The van der Waals surface area contributed by atoms with E-state index < -0.39 is 42.0 Å². The number of nitrogens with zero attached hydrogens (tertiary/aromatic N) is 2. The van der Waals surface area contributed by atoms with Gasteiger partial charge < -0.3 is 26.2 Å². The van der Waals surface area contributed by atoms with Gasteiger partial charge in [-0.25, -0.2) is 0 Å². The van der Waals surface area contributed by atoms with E-state index >= 15 is 0 Å². The van der Waals surface area contributed by atoms with Crippen molar-refractivity contribution in [2.24, 2.45) is 5.92 Å². The number of nitrogens with one attached hydrogen (secondary N) is 4. The van der Waals surface area contributed by atoms with Crippen LogP contribution in [-0.2, 0) is 28.8 Å². The lowest BCUT2D eigenvalue weighted by atomic mass is 10.0. The molecule has 41 heavy (non-hydrogen) atoms. The van der Waals surface area contributed by atoms with Crippen LogP contribution in [0.2, 0.25) is 0 Å². The van der Waals surface area contributed by atoms with E-state index in [1.807, 2.05) is 31.9 Å². The van der Waals surface area contributed by atoms with E-state index in [0.717, 1.165) is 0 Å². The van der Waals surface area contributed by atoms with E-state index in [-0.39, 0.29) is 48.3 Å². The molecule has 3 saturated heterocycles. The normalized spacial score (nSPS) is 27.6. The molecule has 3 aliphatic rings. The van der Waals surface area contributed by atoms with Crippen LogP contribution in [-0.4, -0.2) is 119 Å². The summed E-state index contributed by atoms with van der Waals surface area (Å²) in [4.78, 5) is 81.9. The van der Waals surface area contributed by atoms with E-state index in [0.29, 0.717) is 50.3 Å². The monoisotopic (exact) mass is 612 g/mol. The topological polar surface area (TPSA) is 157 Å². The number of carbonyl (C=O) groups excluding carboxylic acids is 6. The molecule has 3 aliphatic heterocycles. The van der Waals surface area contributed by atoms with Gasteiger partial charge >= 0.3 is 0 Å². The Morgan fingerprint density at radius 3 is 2.49 bits per heavy atom. The summed E-state index contributed by atoms with van der Waals surface area (Å²) in [5.74, 6) is -0.574. The summed E-state index contributed by atoms with van der Waals surface area (Å²) in [5, 5.41) is 11.2. The lowest BCUT2D eigenvalue weighted by Gasteiger charge is -2.32. The number of carbonyl (C=O) groups is 6. The fourth-order valence-corrected chi connectivity index (χ4v) is 6.46. The van der Waals surface area contributed by atoms with Gasteiger partial charge in [0.1, 0.15) is 18.1 Å². The van der Waals surface area contributed by atoms with Crippen LogP contribution in [0, 0.1) is 5.92 Å². The molecule has 0 radical (unpaired) electrons. The van der Waals surface area contributed by atoms with Gasteiger partial charge in [-0.05, 0) is 55.9 Å². The predicted molar refractivity (Wildman–Crippen MR) is 159 cm³/mol. The van der Waals surface area contributed by atoms with Gasteiger partial charge in [-0.15, -0.1) is 0 Å². The molecular weight excluding hydrogens is 568 g/mol.